The molecule has 6 aromatic rings. The van der Waals surface area contributed by atoms with Gasteiger partial charge in [-0.05, 0) is 138 Å². The van der Waals surface area contributed by atoms with Crippen molar-refractivity contribution in [2.24, 2.45) is 0 Å². The Morgan fingerprint density at radius 3 is 0.770 bits per heavy atom. The molecule has 0 bridgehead atoms. The van der Waals surface area contributed by atoms with Gasteiger partial charge < -0.3 is 28.4 Å². The maximum atomic E-state index is 14.4. The van der Waals surface area contributed by atoms with Gasteiger partial charge in [0.1, 0.15) is 0 Å². The lowest BCUT2D eigenvalue weighted by atomic mass is 10.0. The minimum absolute atomic E-state index is 0.112. The van der Waals surface area contributed by atoms with Crippen molar-refractivity contribution in [3.63, 3.8) is 0 Å². The maximum Gasteiger partial charge on any atom is 0.311 e. The van der Waals surface area contributed by atoms with Crippen LogP contribution in [0.15, 0.2) is 109 Å². The molecule has 0 saturated heterocycles. The lowest BCUT2D eigenvalue weighted by Crippen LogP contribution is -2.08. The summed E-state index contributed by atoms with van der Waals surface area (Å²) in [5, 5.41) is 0. The van der Waals surface area contributed by atoms with Gasteiger partial charge in [0, 0.05) is 19.3 Å². The molecule has 0 radical (unpaired) electrons. The Morgan fingerprint density at radius 1 is 0.276 bits per heavy atom. The van der Waals surface area contributed by atoms with E-state index in [4.69, 9.17) is 28.4 Å². The molecule has 0 atom stereocenters. The highest BCUT2D eigenvalue weighted by molar-refractivity contribution is 5.75. The molecular weight excluding hydrogens is 1120 g/mol. The molecule has 87 heavy (non-hydrogen) atoms. The largest absolute Gasteiger partial charge is 0.491 e. The van der Waals surface area contributed by atoms with Crippen molar-refractivity contribution in [2.75, 3.05) is 19.8 Å². The van der Waals surface area contributed by atoms with Crippen molar-refractivity contribution >= 4 is 17.9 Å². The summed E-state index contributed by atoms with van der Waals surface area (Å²) >= 11 is 0. The molecule has 0 heterocycles. The number of esters is 3. The lowest BCUT2D eigenvalue weighted by Gasteiger charge is -2.10. The zero-order valence-electron chi connectivity index (χ0n) is 51.9. The minimum atomic E-state index is -0.664. The monoisotopic (exact) mass is 1210 g/mol. The number of rotatable bonds is 36. The van der Waals surface area contributed by atoms with E-state index in [2.05, 4.69) is 20.8 Å². The molecule has 0 fully saturated rings. The quantitative estimate of drug-likeness (QED) is 0.0164. The van der Waals surface area contributed by atoms with E-state index in [1.54, 1.807) is 61.5 Å². The highest BCUT2D eigenvalue weighted by Crippen LogP contribution is 2.33. The predicted octanol–water partition coefficient (Wildman–Crippen LogP) is 21.2. The summed E-state index contributed by atoms with van der Waals surface area (Å²) in [6.45, 7) is 13.4. The first-order valence-electron chi connectivity index (χ1n) is 31.4. The third-order valence-electron chi connectivity index (χ3n) is 14.0. The summed E-state index contributed by atoms with van der Waals surface area (Å²) in [5.74, 6) is -4.61. The van der Waals surface area contributed by atoms with Crippen molar-refractivity contribution in [1.29, 1.82) is 0 Å². The van der Waals surface area contributed by atoms with Crippen molar-refractivity contribution in [1.82, 2.24) is 0 Å². The standard InChI is InChI=1S/C25H32F2O3.C24H30F2O3.C23H28F2O3/c1-3-5-7-8-9-10-16-29-23-14-12-19(17-21(23)26)20-13-15-24(22(27)18-20)30-25(28)11-6-4-2;1-3-5-6-7-8-9-15-28-22-13-11-18(16-20(22)25)19-12-14-23(21(26)17-19)29-24(27)10-4-2;1-3-5-6-7-8-9-14-27-21-12-10-17(15-19(21)24)18-11-13-22(20(25)16-18)28-23(26)4-2/h12-15,17-18H,3-11,16H2,1-2H3;11-14,16-17H,3-10,15H2,1-2H3;10-13,15-16H,3-9,14H2,1-2H3. The summed E-state index contributed by atoms with van der Waals surface area (Å²) in [5.41, 5.74) is 3.08. The van der Waals surface area contributed by atoms with Gasteiger partial charge in [0.25, 0.3) is 0 Å². The molecule has 0 aliphatic rings. The van der Waals surface area contributed by atoms with Gasteiger partial charge in [-0.15, -0.1) is 0 Å². The molecule has 6 rings (SSSR count). The Balaban J connectivity index is 0.000000279. The fourth-order valence-corrected chi connectivity index (χ4v) is 8.94. The van der Waals surface area contributed by atoms with Gasteiger partial charge in [-0.3, -0.25) is 14.4 Å². The summed E-state index contributed by atoms with van der Waals surface area (Å²) < 4.78 is 117. The first kappa shape index (κ1) is 72.2. The number of carbonyl (C=O) groups excluding carboxylic acids is 3. The van der Waals surface area contributed by atoms with E-state index < -0.39 is 52.8 Å². The van der Waals surface area contributed by atoms with Crippen LogP contribution in [0, 0.1) is 34.9 Å². The van der Waals surface area contributed by atoms with E-state index in [0.29, 0.717) is 66.0 Å². The van der Waals surface area contributed by atoms with Crippen LogP contribution in [0.4, 0.5) is 26.3 Å². The molecule has 0 unspecified atom stereocenters. The third-order valence-corrected chi connectivity index (χ3v) is 14.0. The van der Waals surface area contributed by atoms with Crippen LogP contribution in [0.2, 0.25) is 0 Å². The van der Waals surface area contributed by atoms with Crippen LogP contribution >= 0.6 is 0 Å². The van der Waals surface area contributed by atoms with E-state index in [0.717, 1.165) is 44.9 Å². The highest BCUT2D eigenvalue weighted by Gasteiger charge is 2.16. The molecule has 9 nitrogen and oxygen atoms in total. The SMILES string of the molecule is CCCCCCCCOc1ccc(-c2ccc(OC(=O)CC)c(F)c2)cc1F.CCCCCCCCOc1ccc(-c2ccc(OC(=O)CCC)c(F)c2)cc1F.CCCCCCCCOc1ccc(-c2ccc(OC(=O)CCCC)c(F)c2)cc1F. The number of unbranched alkanes of at least 4 members (excludes halogenated alkanes) is 16. The third kappa shape index (κ3) is 27.1. The molecule has 0 spiro atoms. The van der Waals surface area contributed by atoms with E-state index >= 15 is 0 Å². The van der Waals surface area contributed by atoms with E-state index in [-0.39, 0.29) is 53.8 Å². The first-order chi connectivity index (χ1) is 42.1. The molecule has 0 aliphatic carbocycles. The van der Waals surface area contributed by atoms with Crippen LogP contribution < -0.4 is 28.4 Å². The van der Waals surface area contributed by atoms with Crippen LogP contribution in [0.25, 0.3) is 33.4 Å². The summed E-state index contributed by atoms with van der Waals surface area (Å²) in [7, 11) is 0. The van der Waals surface area contributed by atoms with Gasteiger partial charge in [0.2, 0.25) is 0 Å². The van der Waals surface area contributed by atoms with E-state index in [1.807, 2.05) is 13.8 Å². The summed E-state index contributed by atoms with van der Waals surface area (Å²) in [6.07, 6.45) is 23.4. The average Bonchev–Trinajstić information content (AvgIpc) is 3.56. The number of hydrogen-bond acceptors (Lipinski definition) is 9. The second kappa shape index (κ2) is 41.7. The van der Waals surface area contributed by atoms with Gasteiger partial charge in [-0.2, -0.15) is 0 Å². The van der Waals surface area contributed by atoms with Gasteiger partial charge >= 0.3 is 17.9 Å². The Labute approximate surface area is 512 Å². The van der Waals surface area contributed by atoms with Gasteiger partial charge in [0.15, 0.2) is 69.4 Å². The summed E-state index contributed by atoms with van der Waals surface area (Å²) in [4.78, 5) is 34.5. The number of ether oxygens (including phenoxy) is 6. The molecule has 0 N–H and O–H groups in total. The zero-order chi connectivity index (χ0) is 63.2. The maximum absolute atomic E-state index is 14.4. The van der Waals surface area contributed by atoms with Crippen molar-refractivity contribution in [3.05, 3.63) is 144 Å². The smallest absolute Gasteiger partial charge is 0.311 e. The number of carbonyl (C=O) groups is 3. The topological polar surface area (TPSA) is 107 Å². The molecule has 0 aliphatic heterocycles. The second-order valence-electron chi connectivity index (χ2n) is 21.3. The molecule has 474 valence electrons. The van der Waals surface area contributed by atoms with Gasteiger partial charge in [-0.25, -0.2) is 26.3 Å². The molecule has 0 saturated carbocycles. The van der Waals surface area contributed by atoms with Crippen LogP contribution in [0.5, 0.6) is 34.5 Å². The van der Waals surface area contributed by atoms with Crippen LogP contribution in [-0.2, 0) is 14.4 Å². The Kier molecular flexibility index (Phi) is 34.6. The molecule has 15 heteroatoms. The van der Waals surface area contributed by atoms with Crippen LogP contribution in [0.1, 0.15) is 196 Å². The normalized spacial score (nSPS) is 10.8. The number of hydrogen-bond donors (Lipinski definition) is 0. The van der Waals surface area contributed by atoms with E-state index in [1.165, 1.54) is 132 Å². The van der Waals surface area contributed by atoms with Gasteiger partial charge in [-0.1, -0.05) is 181 Å². The van der Waals surface area contributed by atoms with Crippen molar-refractivity contribution in [2.45, 2.75) is 196 Å². The van der Waals surface area contributed by atoms with Crippen molar-refractivity contribution < 1.29 is 69.1 Å². The molecule has 0 amide bonds. The van der Waals surface area contributed by atoms with Crippen molar-refractivity contribution in [3.8, 4) is 67.9 Å². The number of benzene rings is 6. The Hall–Kier alpha value is -7.29. The van der Waals surface area contributed by atoms with Crippen LogP contribution in [-0.4, -0.2) is 37.7 Å². The molecule has 6 aromatic carbocycles. The fourth-order valence-electron chi connectivity index (χ4n) is 8.94. The van der Waals surface area contributed by atoms with Gasteiger partial charge in [0.05, 0.1) is 19.8 Å². The molecule has 0 aromatic heterocycles. The first-order valence-corrected chi connectivity index (χ1v) is 31.4. The number of halogens is 6. The van der Waals surface area contributed by atoms with E-state index in [9.17, 15) is 40.7 Å². The minimum Gasteiger partial charge on any atom is -0.491 e. The Morgan fingerprint density at radius 2 is 0.517 bits per heavy atom. The van der Waals surface area contributed by atoms with Crippen LogP contribution in [0.3, 0.4) is 0 Å². The summed E-state index contributed by atoms with van der Waals surface area (Å²) in [6, 6.07) is 26.4. The second-order valence-corrected chi connectivity index (χ2v) is 21.3. The zero-order valence-corrected chi connectivity index (χ0v) is 51.9. The highest BCUT2D eigenvalue weighted by atomic mass is 19.1. The average molecular weight is 1210 g/mol. The fraction of sp³-hybridized carbons (Fsp3) is 0.458. The predicted molar refractivity (Wildman–Crippen MR) is 334 cm³/mol. The molecular formula is C72H90F6O9. The Bertz CT molecular complexity index is 3000. The lowest BCUT2D eigenvalue weighted by molar-refractivity contribution is -0.135.